The molecule has 0 aliphatic carbocycles. The lowest BCUT2D eigenvalue weighted by atomic mass is 9.95. The summed E-state index contributed by atoms with van der Waals surface area (Å²) >= 11 is 1.04. The molecule has 2 heterocycles. The van der Waals surface area contributed by atoms with Crippen molar-refractivity contribution in [1.82, 2.24) is 4.98 Å². The highest BCUT2D eigenvalue weighted by atomic mass is 32.1. The van der Waals surface area contributed by atoms with E-state index in [-0.39, 0.29) is 16.3 Å². The Balaban J connectivity index is 1.68. The minimum Gasteiger partial charge on any atom is -0.507 e. The second-order valence-corrected chi connectivity index (χ2v) is 9.91. The van der Waals surface area contributed by atoms with Crippen LogP contribution in [0.2, 0.25) is 0 Å². The molecule has 0 spiro atoms. The summed E-state index contributed by atoms with van der Waals surface area (Å²) in [4.78, 5) is 32.5. The van der Waals surface area contributed by atoms with Crippen LogP contribution in [-0.4, -0.2) is 35.5 Å². The van der Waals surface area contributed by atoms with Gasteiger partial charge in [-0.05, 0) is 66.6 Å². The average Bonchev–Trinajstić information content (AvgIpc) is 3.46. The van der Waals surface area contributed by atoms with Crippen molar-refractivity contribution in [3.8, 4) is 11.5 Å². The van der Waals surface area contributed by atoms with Crippen LogP contribution < -0.4 is 14.4 Å². The number of fused-ring (bicyclic) bond motifs is 1. The Bertz CT molecular complexity index is 1600. The van der Waals surface area contributed by atoms with Crippen LogP contribution in [0.5, 0.6) is 11.5 Å². The van der Waals surface area contributed by atoms with E-state index in [1.54, 1.807) is 18.2 Å². The summed E-state index contributed by atoms with van der Waals surface area (Å²) in [5, 5.41) is 11.4. The number of Topliss-reactive ketones (excluding diaryl/α,β-unsaturated/α-hetero) is 1. The SMILES string of the molecule is CCCCOc1ccc(C2/C(=C(\O)c3ccc(F)cc3)C(=O)C(=O)N2c2nc3ccc(F)cc3s2)cc1OC. The van der Waals surface area contributed by atoms with E-state index in [1.165, 1.54) is 42.3 Å². The molecule has 4 aromatic rings. The van der Waals surface area contributed by atoms with E-state index in [9.17, 15) is 23.5 Å². The van der Waals surface area contributed by atoms with Gasteiger partial charge >= 0.3 is 5.91 Å². The summed E-state index contributed by atoms with van der Waals surface area (Å²) in [5.74, 6) is -2.43. The molecule has 5 rings (SSSR count). The fourth-order valence-electron chi connectivity index (χ4n) is 4.40. The van der Waals surface area contributed by atoms with E-state index in [0.717, 1.165) is 36.3 Å². The third kappa shape index (κ3) is 4.95. The van der Waals surface area contributed by atoms with Crippen molar-refractivity contribution in [3.63, 3.8) is 0 Å². The molecular formula is C29H24F2N2O5S. The van der Waals surface area contributed by atoms with Gasteiger partial charge in [0.2, 0.25) is 0 Å². The van der Waals surface area contributed by atoms with Crippen molar-refractivity contribution in [2.75, 3.05) is 18.6 Å². The highest BCUT2D eigenvalue weighted by Gasteiger charge is 2.48. The number of hydrogen-bond donors (Lipinski definition) is 1. The van der Waals surface area contributed by atoms with Crippen LogP contribution in [0.1, 0.15) is 36.9 Å². The van der Waals surface area contributed by atoms with Gasteiger partial charge in [0.1, 0.15) is 17.4 Å². The first-order valence-corrected chi connectivity index (χ1v) is 13.1. The molecule has 3 aromatic carbocycles. The molecule has 1 fully saturated rings. The highest BCUT2D eigenvalue weighted by Crippen LogP contribution is 2.46. The number of unbranched alkanes of at least 4 members (excludes halogenated alkanes) is 1. The second-order valence-electron chi connectivity index (χ2n) is 8.90. The van der Waals surface area contributed by atoms with Gasteiger partial charge in [-0.3, -0.25) is 14.5 Å². The average molecular weight is 551 g/mol. The molecule has 200 valence electrons. The van der Waals surface area contributed by atoms with Gasteiger partial charge in [-0.25, -0.2) is 13.8 Å². The molecule has 1 unspecified atom stereocenters. The smallest absolute Gasteiger partial charge is 0.301 e. The molecule has 39 heavy (non-hydrogen) atoms. The third-order valence-corrected chi connectivity index (χ3v) is 7.38. The third-order valence-electron chi connectivity index (χ3n) is 6.37. The number of halogens is 2. The first-order chi connectivity index (χ1) is 18.8. The number of methoxy groups -OCH3 is 1. The maximum atomic E-state index is 13.9. The predicted molar refractivity (Wildman–Crippen MR) is 144 cm³/mol. The lowest BCUT2D eigenvalue weighted by Gasteiger charge is -2.24. The molecular weight excluding hydrogens is 526 g/mol. The Labute approximate surface area is 226 Å². The number of carbonyl (C=O) groups is 2. The van der Waals surface area contributed by atoms with Crippen LogP contribution >= 0.6 is 11.3 Å². The molecule has 1 N–H and O–H groups in total. The van der Waals surface area contributed by atoms with Gasteiger partial charge < -0.3 is 14.6 Å². The van der Waals surface area contributed by atoms with E-state index >= 15 is 0 Å². The number of ether oxygens (including phenoxy) is 2. The second kappa shape index (κ2) is 10.8. The standard InChI is InChI=1S/C29H24F2N2O5S/c1-3-4-13-38-21-12-7-17(14-22(21)37-2)25-24(26(34)16-5-8-18(30)9-6-16)27(35)28(36)33(25)29-32-20-11-10-19(31)15-23(20)39-29/h5-12,14-15,25,34H,3-4,13H2,1-2H3/b26-24+. The number of aliphatic hydroxyl groups is 1. The summed E-state index contributed by atoms with van der Waals surface area (Å²) in [6.45, 7) is 2.53. The Morgan fingerprint density at radius 3 is 2.49 bits per heavy atom. The first kappa shape index (κ1) is 26.3. The number of aliphatic hydroxyl groups excluding tert-OH is 1. The summed E-state index contributed by atoms with van der Waals surface area (Å²) in [6, 6.07) is 12.9. The minimum atomic E-state index is -1.10. The van der Waals surface area contributed by atoms with Gasteiger partial charge in [-0.1, -0.05) is 30.7 Å². The summed E-state index contributed by atoms with van der Waals surface area (Å²) in [5.41, 5.74) is 0.867. The van der Waals surface area contributed by atoms with Gasteiger partial charge in [0.05, 0.1) is 35.5 Å². The highest BCUT2D eigenvalue weighted by molar-refractivity contribution is 7.22. The number of benzene rings is 3. The van der Waals surface area contributed by atoms with E-state index in [0.29, 0.717) is 33.9 Å². The number of ketones is 1. The number of aromatic nitrogens is 1. The Morgan fingerprint density at radius 1 is 1.03 bits per heavy atom. The van der Waals surface area contributed by atoms with Gasteiger partial charge in [-0.15, -0.1) is 0 Å². The normalized spacial score (nSPS) is 16.7. The molecule has 0 radical (unpaired) electrons. The molecule has 7 nitrogen and oxygen atoms in total. The fourth-order valence-corrected chi connectivity index (χ4v) is 5.41. The van der Waals surface area contributed by atoms with Crippen molar-refractivity contribution >= 4 is 44.1 Å². The Morgan fingerprint density at radius 2 is 1.77 bits per heavy atom. The maximum Gasteiger partial charge on any atom is 0.301 e. The first-order valence-electron chi connectivity index (χ1n) is 12.3. The molecule has 1 amide bonds. The lowest BCUT2D eigenvalue weighted by Crippen LogP contribution is -2.29. The number of rotatable bonds is 8. The Hall–Kier alpha value is -4.31. The van der Waals surface area contributed by atoms with E-state index < -0.39 is 35.1 Å². The molecule has 1 saturated heterocycles. The van der Waals surface area contributed by atoms with E-state index in [2.05, 4.69) is 4.98 Å². The van der Waals surface area contributed by atoms with Crippen molar-refractivity contribution in [3.05, 3.63) is 89.0 Å². The van der Waals surface area contributed by atoms with E-state index in [4.69, 9.17) is 9.47 Å². The number of carbonyl (C=O) groups excluding carboxylic acids is 2. The van der Waals surface area contributed by atoms with Crippen molar-refractivity contribution in [1.29, 1.82) is 0 Å². The molecule has 1 aliphatic heterocycles. The zero-order valence-electron chi connectivity index (χ0n) is 21.1. The topological polar surface area (TPSA) is 89.0 Å². The molecule has 0 saturated carbocycles. The van der Waals surface area contributed by atoms with Gasteiger partial charge in [-0.2, -0.15) is 0 Å². The van der Waals surface area contributed by atoms with Crippen LogP contribution in [0.15, 0.2) is 66.2 Å². The van der Waals surface area contributed by atoms with Crippen molar-refractivity contribution < 1.29 is 33.0 Å². The fraction of sp³-hybridized carbons (Fsp3) is 0.207. The van der Waals surface area contributed by atoms with Crippen LogP contribution in [0.4, 0.5) is 13.9 Å². The zero-order valence-corrected chi connectivity index (χ0v) is 21.9. The maximum absolute atomic E-state index is 13.9. The Kier molecular flexibility index (Phi) is 7.30. The molecule has 0 bridgehead atoms. The zero-order chi connectivity index (χ0) is 27.7. The predicted octanol–water partition coefficient (Wildman–Crippen LogP) is 6.39. The quantitative estimate of drug-likeness (QED) is 0.118. The molecule has 1 atom stereocenters. The van der Waals surface area contributed by atoms with Crippen LogP contribution in [0.25, 0.3) is 16.0 Å². The van der Waals surface area contributed by atoms with E-state index in [1.807, 2.05) is 6.92 Å². The van der Waals surface area contributed by atoms with Gasteiger partial charge in [0.15, 0.2) is 16.6 Å². The molecule has 10 heteroatoms. The minimum absolute atomic E-state index is 0.156. The number of hydrogen-bond acceptors (Lipinski definition) is 7. The summed E-state index contributed by atoms with van der Waals surface area (Å²) in [6.07, 6.45) is 1.80. The van der Waals surface area contributed by atoms with Gasteiger partial charge in [0, 0.05) is 5.56 Å². The number of anilines is 1. The largest absolute Gasteiger partial charge is 0.507 e. The van der Waals surface area contributed by atoms with Crippen LogP contribution in [-0.2, 0) is 9.59 Å². The van der Waals surface area contributed by atoms with Gasteiger partial charge in [0.25, 0.3) is 5.78 Å². The number of thiazole rings is 1. The van der Waals surface area contributed by atoms with Crippen molar-refractivity contribution in [2.45, 2.75) is 25.8 Å². The number of amides is 1. The monoisotopic (exact) mass is 550 g/mol. The molecule has 1 aromatic heterocycles. The van der Waals surface area contributed by atoms with Crippen LogP contribution in [0.3, 0.4) is 0 Å². The number of nitrogens with zero attached hydrogens (tertiary/aromatic N) is 2. The van der Waals surface area contributed by atoms with Crippen LogP contribution in [0, 0.1) is 11.6 Å². The summed E-state index contributed by atoms with van der Waals surface area (Å²) in [7, 11) is 1.48. The van der Waals surface area contributed by atoms with Crippen molar-refractivity contribution in [2.24, 2.45) is 0 Å². The molecule has 1 aliphatic rings. The summed E-state index contributed by atoms with van der Waals surface area (Å²) < 4.78 is 39.3. The lowest BCUT2D eigenvalue weighted by molar-refractivity contribution is -0.132.